The van der Waals surface area contributed by atoms with Crippen molar-refractivity contribution in [3.8, 4) is 11.5 Å². The molecule has 2 saturated heterocycles. The van der Waals surface area contributed by atoms with Crippen molar-refractivity contribution in [2.45, 2.75) is 12.2 Å². The van der Waals surface area contributed by atoms with Gasteiger partial charge in [-0.1, -0.05) is 24.3 Å². The zero-order valence-corrected chi connectivity index (χ0v) is 11.1. The second-order valence-electron chi connectivity index (χ2n) is 5.18. The van der Waals surface area contributed by atoms with E-state index < -0.39 is 0 Å². The molecule has 0 radical (unpaired) electrons. The average Bonchev–Trinajstić information content (AvgIpc) is 3.37. The molecular weight excluding hydrogens is 256 g/mol. The Morgan fingerprint density at radius 2 is 1.30 bits per heavy atom. The zero-order chi connectivity index (χ0) is 13.4. The maximum Gasteiger partial charge on any atom is 0.161 e. The van der Waals surface area contributed by atoms with Gasteiger partial charge in [0, 0.05) is 0 Å². The van der Waals surface area contributed by atoms with E-state index in [0.717, 1.165) is 35.5 Å². The van der Waals surface area contributed by atoms with E-state index in [2.05, 4.69) is 12.1 Å². The average molecular weight is 272 g/mol. The molecule has 2 aromatic rings. The maximum atomic E-state index is 5.83. The maximum absolute atomic E-state index is 5.83. The van der Waals surface area contributed by atoms with Gasteiger partial charge in [-0.2, -0.15) is 0 Å². The van der Waals surface area contributed by atoms with Gasteiger partial charge in [0.25, 0.3) is 0 Å². The van der Waals surface area contributed by atoms with Crippen LogP contribution in [0.3, 0.4) is 0 Å². The molecule has 0 N–H and O–H groups in total. The lowest BCUT2D eigenvalue weighted by Gasteiger charge is -2.13. The monoisotopic (exact) mass is 272 g/mol. The topological polar surface area (TPSA) is 43.5 Å². The molecule has 0 aliphatic carbocycles. The lowest BCUT2D eigenvalue weighted by molar-refractivity contribution is 0.228. The van der Waals surface area contributed by atoms with Gasteiger partial charge in [0.2, 0.25) is 0 Å². The summed E-state index contributed by atoms with van der Waals surface area (Å²) in [5, 5.41) is 2.29. The van der Waals surface area contributed by atoms with E-state index in [1.807, 2.05) is 24.3 Å². The Labute approximate surface area is 117 Å². The van der Waals surface area contributed by atoms with Crippen molar-refractivity contribution in [1.29, 1.82) is 0 Å². The van der Waals surface area contributed by atoms with Crippen LogP contribution in [0, 0.1) is 0 Å². The summed E-state index contributed by atoms with van der Waals surface area (Å²) in [6.07, 6.45) is 0.474. The van der Waals surface area contributed by atoms with Crippen LogP contribution in [0.2, 0.25) is 0 Å². The van der Waals surface area contributed by atoms with Gasteiger partial charge in [0.15, 0.2) is 11.5 Å². The minimum atomic E-state index is 0.237. The third-order valence-corrected chi connectivity index (χ3v) is 3.47. The Hall–Kier alpha value is -1.78. The molecule has 20 heavy (non-hydrogen) atoms. The van der Waals surface area contributed by atoms with Crippen LogP contribution in [-0.4, -0.2) is 38.6 Å². The molecule has 4 rings (SSSR count). The number of hydrogen-bond donors (Lipinski definition) is 0. The summed E-state index contributed by atoms with van der Waals surface area (Å²) in [6, 6.07) is 12.2. The molecule has 2 aliphatic rings. The van der Waals surface area contributed by atoms with Gasteiger partial charge in [-0.25, -0.2) is 0 Å². The highest BCUT2D eigenvalue weighted by Crippen LogP contribution is 2.33. The summed E-state index contributed by atoms with van der Waals surface area (Å²) < 4.78 is 22.0. The van der Waals surface area contributed by atoms with Crippen LogP contribution < -0.4 is 9.47 Å². The molecule has 4 heteroatoms. The van der Waals surface area contributed by atoms with Crippen LogP contribution >= 0.6 is 0 Å². The van der Waals surface area contributed by atoms with E-state index in [9.17, 15) is 0 Å². The predicted molar refractivity (Wildman–Crippen MR) is 74.4 cm³/mol. The quantitative estimate of drug-likeness (QED) is 0.757. The molecule has 2 aliphatic heterocycles. The molecule has 104 valence electrons. The van der Waals surface area contributed by atoms with Gasteiger partial charge in [-0.3, -0.25) is 0 Å². The summed E-state index contributed by atoms with van der Waals surface area (Å²) >= 11 is 0. The van der Waals surface area contributed by atoms with Crippen LogP contribution in [0.25, 0.3) is 10.8 Å². The van der Waals surface area contributed by atoms with E-state index in [1.165, 1.54) is 0 Å². The molecule has 0 amide bonds. The van der Waals surface area contributed by atoms with Gasteiger partial charge in [-0.05, 0) is 22.9 Å². The highest BCUT2D eigenvalue weighted by atomic mass is 16.6. The standard InChI is InChI=1S/C16H16O4/c1-2-4-12-6-16(20-10-14-8-18-14)15(5-11(12)3-1)19-9-13-7-17-13/h1-6,13-14H,7-10H2. The Morgan fingerprint density at radius 1 is 0.850 bits per heavy atom. The number of hydrogen-bond acceptors (Lipinski definition) is 4. The van der Waals surface area contributed by atoms with Gasteiger partial charge in [-0.15, -0.1) is 0 Å². The Balaban J connectivity index is 1.61. The van der Waals surface area contributed by atoms with E-state index in [0.29, 0.717) is 13.2 Å². The first-order chi connectivity index (χ1) is 9.88. The minimum absolute atomic E-state index is 0.237. The summed E-state index contributed by atoms with van der Waals surface area (Å²) in [5.41, 5.74) is 0. The largest absolute Gasteiger partial charge is 0.487 e. The van der Waals surface area contributed by atoms with E-state index >= 15 is 0 Å². The zero-order valence-electron chi connectivity index (χ0n) is 11.1. The lowest BCUT2D eigenvalue weighted by Crippen LogP contribution is -2.08. The van der Waals surface area contributed by atoms with Crippen LogP contribution in [0.5, 0.6) is 11.5 Å². The lowest BCUT2D eigenvalue weighted by atomic mass is 10.1. The summed E-state index contributed by atoms with van der Waals surface area (Å²) in [7, 11) is 0. The van der Waals surface area contributed by atoms with E-state index in [-0.39, 0.29) is 12.2 Å². The molecule has 2 unspecified atom stereocenters. The van der Waals surface area contributed by atoms with Crippen molar-refractivity contribution in [3.05, 3.63) is 36.4 Å². The molecule has 0 aromatic heterocycles. The van der Waals surface area contributed by atoms with Crippen LogP contribution in [-0.2, 0) is 9.47 Å². The predicted octanol–water partition coefficient (Wildman–Crippen LogP) is 2.40. The number of ether oxygens (including phenoxy) is 4. The fourth-order valence-corrected chi connectivity index (χ4v) is 2.12. The minimum Gasteiger partial charge on any atom is -0.487 e. The fraction of sp³-hybridized carbons (Fsp3) is 0.375. The van der Waals surface area contributed by atoms with Crippen LogP contribution in [0.15, 0.2) is 36.4 Å². The molecule has 0 saturated carbocycles. The normalized spacial score (nSPS) is 23.6. The molecule has 0 spiro atoms. The molecule has 2 fully saturated rings. The fourth-order valence-electron chi connectivity index (χ4n) is 2.12. The SMILES string of the molecule is c1ccc2cc(OCC3CO3)c(OCC3CO3)cc2c1. The summed E-state index contributed by atoms with van der Waals surface area (Å²) in [6.45, 7) is 2.74. The Bertz CT molecular complexity index is 562. The number of benzene rings is 2. The summed E-state index contributed by atoms with van der Waals surface area (Å²) in [4.78, 5) is 0. The Kier molecular flexibility index (Phi) is 2.98. The van der Waals surface area contributed by atoms with Gasteiger partial charge < -0.3 is 18.9 Å². The number of epoxide rings is 2. The second kappa shape index (κ2) is 4.96. The first-order valence-corrected chi connectivity index (χ1v) is 6.90. The third kappa shape index (κ3) is 2.71. The molecule has 2 atom stereocenters. The van der Waals surface area contributed by atoms with Crippen molar-refractivity contribution in [2.24, 2.45) is 0 Å². The smallest absolute Gasteiger partial charge is 0.161 e. The summed E-state index contributed by atoms with van der Waals surface area (Å²) in [5.74, 6) is 1.56. The highest BCUT2D eigenvalue weighted by Gasteiger charge is 2.25. The molecule has 0 bridgehead atoms. The third-order valence-electron chi connectivity index (χ3n) is 3.47. The van der Waals surface area contributed by atoms with Crippen molar-refractivity contribution < 1.29 is 18.9 Å². The second-order valence-corrected chi connectivity index (χ2v) is 5.18. The molecule has 4 nitrogen and oxygen atoms in total. The number of fused-ring (bicyclic) bond motifs is 1. The number of rotatable bonds is 6. The van der Waals surface area contributed by atoms with E-state index in [1.54, 1.807) is 0 Å². The van der Waals surface area contributed by atoms with Crippen molar-refractivity contribution in [2.75, 3.05) is 26.4 Å². The Morgan fingerprint density at radius 3 is 1.70 bits per heavy atom. The first kappa shape index (κ1) is 12.0. The van der Waals surface area contributed by atoms with Crippen LogP contribution in [0.1, 0.15) is 0 Å². The van der Waals surface area contributed by atoms with Crippen molar-refractivity contribution in [1.82, 2.24) is 0 Å². The highest BCUT2D eigenvalue weighted by molar-refractivity contribution is 5.86. The molecule has 2 aromatic carbocycles. The van der Waals surface area contributed by atoms with Gasteiger partial charge in [0.05, 0.1) is 13.2 Å². The van der Waals surface area contributed by atoms with Crippen molar-refractivity contribution >= 4 is 10.8 Å². The molecule has 2 heterocycles. The molecular formula is C16H16O4. The van der Waals surface area contributed by atoms with Crippen LogP contribution in [0.4, 0.5) is 0 Å². The van der Waals surface area contributed by atoms with Gasteiger partial charge in [0.1, 0.15) is 25.4 Å². The van der Waals surface area contributed by atoms with Crippen molar-refractivity contribution in [3.63, 3.8) is 0 Å². The van der Waals surface area contributed by atoms with Gasteiger partial charge >= 0.3 is 0 Å². The first-order valence-electron chi connectivity index (χ1n) is 6.90. The van der Waals surface area contributed by atoms with E-state index in [4.69, 9.17) is 18.9 Å².